The van der Waals surface area contributed by atoms with Gasteiger partial charge >= 0.3 is 12.1 Å². The van der Waals surface area contributed by atoms with Crippen LogP contribution in [0.25, 0.3) is 10.8 Å². The molecule has 186 valence electrons. The molecule has 1 heterocycles. The van der Waals surface area contributed by atoms with Crippen LogP contribution in [-0.2, 0) is 14.8 Å². The number of sulfonamides is 1. The van der Waals surface area contributed by atoms with Crippen LogP contribution in [0.5, 0.6) is 0 Å². The fraction of sp³-hybridized carbons (Fsp3) is 0.0417. The van der Waals surface area contributed by atoms with Gasteiger partial charge in [-0.1, -0.05) is 42.5 Å². The van der Waals surface area contributed by atoms with Crippen molar-refractivity contribution in [3.8, 4) is 0 Å². The van der Waals surface area contributed by atoms with E-state index in [-0.39, 0.29) is 16.6 Å². The highest BCUT2D eigenvalue weighted by molar-refractivity contribution is 7.92. The number of aliphatic carboxylic acids is 1. The molecular weight excluding hydrogens is 499 g/mol. The predicted molar refractivity (Wildman–Crippen MR) is 127 cm³/mol. The van der Waals surface area contributed by atoms with Gasteiger partial charge in [0.15, 0.2) is 0 Å². The van der Waals surface area contributed by atoms with Gasteiger partial charge in [0.1, 0.15) is 5.82 Å². The number of nitrogens with zero attached hydrogens (tertiary/aromatic N) is 1. The number of benzene rings is 3. The molecule has 3 aromatic carbocycles. The molecule has 0 aliphatic carbocycles. The number of carbonyl (C=O) groups is 2. The number of anilines is 2. The molecule has 0 aliphatic rings. The number of halogens is 3. The zero-order valence-corrected chi connectivity index (χ0v) is 19.0. The molecule has 0 bridgehead atoms. The molecule has 12 heteroatoms. The SMILES string of the molecule is O=C(Nc1ccc(S(=O)(=O)Nc2ccccn2)cc1)c1cccc2ccccc12.O=C(O)C(F)(F)F. The van der Waals surface area contributed by atoms with Crippen molar-refractivity contribution < 1.29 is 36.3 Å². The van der Waals surface area contributed by atoms with Crippen molar-refractivity contribution in [2.45, 2.75) is 11.1 Å². The fourth-order valence-electron chi connectivity index (χ4n) is 2.96. The van der Waals surface area contributed by atoms with E-state index in [4.69, 9.17) is 9.90 Å². The molecule has 0 radical (unpaired) electrons. The molecule has 4 aromatic rings. The van der Waals surface area contributed by atoms with E-state index in [1.165, 1.54) is 18.3 Å². The second-order valence-corrected chi connectivity index (χ2v) is 8.81. The van der Waals surface area contributed by atoms with Crippen molar-refractivity contribution in [3.63, 3.8) is 0 Å². The number of alkyl halides is 3. The molecule has 1 amide bonds. The Kier molecular flexibility index (Phi) is 7.90. The topological polar surface area (TPSA) is 125 Å². The summed E-state index contributed by atoms with van der Waals surface area (Å²) in [5.74, 6) is -2.78. The van der Waals surface area contributed by atoms with Crippen LogP contribution < -0.4 is 10.0 Å². The third-order valence-corrected chi connectivity index (χ3v) is 5.97. The Morgan fingerprint density at radius 2 is 1.44 bits per heavy atom. The van der Waals surface area contributed by atoms with Crippen molar-refractivity contribution >= 4 is 44.2 Å². The zero-order chi connectivity index (χ0) is 26.3. The van der Waals surface area contributed by atoms with E-state index in [2.05, 4.69) is 15.0 Å². The third kappa shape index (κ3) is 6.79. The lowest BCUT2D eigenvalue weighted by Crippen LogP contribution is -2.21. The van der Waals surface area contributed by atoms with E-state index >= 15 is 0 Å². The van der Waals surface area contributed by atoms with E-state index in [0.29, 0.717) is 11.3 Å². The first kappa shape index (κ1) is 26.2. The first-order valence-corrected chi connectivity index (χ1v) is 11.6. The zero-order valence-electron chi connectivity index (χ0n) is 18.2. The van der Waals surface area contributed by atoms with Crippen molar-refractivity contribution in [3.05, 3.63) is 96.7 Å². The lowest BCUT2D eigenvalue weighted by Gasteiger charge is -2.10. The number of carboxylic acid groups (broad SMARTS) is 1. The van der Waals surface area contributed by atoms with Gasteiger partial charge in [0, 0.05) is 17.4 Å². The summed E-state index contributed by atoms with van der Waals surface area (Å²) >= 11 is 0. The van der Waals surface area contributed by atoms with Crippen LogP contribution >= 0.6 is 0 Å². The minimum atomic E-state index is -5.08. The second kappa shape index (κ2) is 10.9. The second-order valence-electron chi connectivity index (χ2n) is 7.13. The van der Waals surface area contributed by atoms with E-state index in [9.17, 15) is 26.4 Å². The van der Waals surface area contributed by atoms with Crippen molar-refractivity contribution in [2.75, 3.05) is 10.0 Å². The maximum Gasteiger partial charge on any atom is 0.490 e. The molecule has 4 rings (SSSR count). The van der Waals surface area contributed by atoms with E-state index in [1.54, 1.807) is 36.4 Å². The third-order valence-electron chi connectivity index (χ3n) is 4.60. The van der Waals surface area contributed by atoms with Crippen LogP contribution in [0.4, 0.5) is 24.7 Å². The monoisotopic (exact) mass is 517 g/mol. The minimum Gasteiger partial charge on any atom is -0.475 e. The summed E-state index contributed by atoms with van der Waals surface area (Å²) in [6.45, 7) is 0. The molecule has 0 saturated carbocycles. The predicted octanol–water partition coefficient (Wildman–Crippen LogP) is 4.92. The van der Waals surface area contributed by atoms with Gasteiger partial charge in [0.05, 0.1) is 4.90 Å². The smallest absolute Gasteiger partial charge is 0.475 e. The molecule has 36 heavy (non-hydrogen) atoms. The van der Waals surface area contributed by atoms with Crippen LogP contribution in [0, 0.1) is 0 Å². The number of rotatable bonds is 5. The summed E-state index contributed by atoms with van der Waals surface area (Å²) in [4.78, 5) is 25.6. The van der Waals surface area contributed by atoms with Gasteiger partial charge in [-0.05, 0) is 53.2 Å². The Balaban J connectivity index is 0.000000454. The molecule has 0 fully saturated rings. The van der Waals surface area contributed by atoms with Crippen molar-refractivity contribution in [2.24, 2.45) is 0 Å². The van der Waals surface area contributed by atoms with Crippen LogP contribution in [-0.4, -0.2) is 36.6 Å². The molecule has 1 aromatic heterocycles. The largest absolute Gasteiger partial charge is 0.490 e. The molecule has 0 atom stereocenters. The van der Waals surface area contributed by atoms with Gasteiger partial charge in [-0.25, -0.2) is 18.2 Å². The highest BCUT2D eigenvalue weighted by Crippen LogP contribution is 2.21. The fourth-order valence-corrected chi connectivity index (χ4v) is 3.97. The summed E-state index contributed by atoms with van der Waals surface area (Å²) in [7, 11) is -3.76. The van der Waals surface area contributed by atoms with Crippen LogP contribution in [0.15, 0.2) is 96.0 Å². The highest BCUT2D eigenvalue weighted by atomic mass is 32.2. The first-order chi connectivity index (χ1) is 17.0. The summed E-state index contributed by atoms with van der Waals surface area (Å²) in [5, 5.41) is 11.8. The lowest BCUT2D eigenvalue weighted by atomic mass is 10.0. The highest BCUT2D eigenvalue weighted by Gasteiger charge is 2.38. The number of carboxylic acids is 1. The Morgan fingerprint density at radius 3 is 2.06 bits per heavy atom. The van der Waals surface area contributed by atoms with Crippen LogP contribution in [0.2, 0.25) is 0 Å². The number of carbonyl (C=O) groups excluding carboxylic acids is 1. The van der Waals surface area contributed by atoms with Gasteiger partial charge in [-0.15, -0.1) is 0 Å². The van der Waals surface area contributed by atoms with E-state index in [1.807, 2.05) is 36.4 Å². The summed E-state index contributed by atoms with van der Waals surface area (Å²) in [5.41, 5.74) is 1.05. The van der Waals surface area contributed by atoms with Crippen molar-refractivity contribution in [1.29, 1.82) is 0 Å². The van der Waals surface area contributed by atoms with Crippen LogP contribution in [0.1, 0.15) is 10.4 Å². The maximum atomic E-state index is 12.7. The number of amides is 1. The number of aromatic nitrogens is 1. The van der Waals surface area contributed by atoms with Gasteiger partial charge in [-0.2, -0.15) is 13.2 Å². The number of hydrogen-bond donors (Lipinski definition) is 3. The van der Waals surface area contributed by atoms with Crippen molar-refractivity contribution in [1.82, 2.24) is 4.98 Å². The summed E-state index contributed by atoms with van der Waals surface area (Å²) in [6, 6.07) is 24.1. The first-order valence-electron chi connectivity index (χ1n) is 10.1. The minimum absolute atomic E-state index is 0.0753. The van der Waals surface area contributed by atoms with Gasteiger partial charge < -0.3 is 10.4 Å². The number of pyridine rings is 1. The summed E-state index contributed by atoms with van der Waals surface area (Å²) < 4.78 is 59.1. The molecule has 0 spiro atoms. The van der Waals surface area contributed by atoms with Gasteiger partial charge in [0.25, 0.3) is 15.9 Å². The standard InChI is InChI=1S/C22H17N3O3S.C2HF3O2/c26-22(20-9-5-7-16-6-1-2-8-19(16)20)24-17-11-13-18(14-12-17)29(27,28)25-21-10-3-4-15-23-21;3-2(4,5)1(6)7/h1-15H,(H,23,25)(H,24,26);(H,6,7). The summed E-state index contributed by atoms with van der Waals surface area (Å²) in [6.07, 6.45) is -3.58. The Hall–Kier alpha value is -4.45. The molecule has 3 N–H and O–H groups in total. The Labute approximate surface area is 203 Å². The van der Waals surface area contributed by atoms with Crippen LogP contribution in [0.3, 0.4) is 0 Å². The number of hydrogen-bond acceptors (Lipinski definition) is 5. The molecule has 0 unspecified atom stereocenters. The molecule has 8 nitrogen and oxygen atoms in total. The normalized spacial score (nSPS) is 11.2. The number of fused-ring (bicyclic) bond motifs is 1. The number of nitrogens with one attached hydrogen (secondary N) is 2. The average molecular weight is 517 g/mol. The Morgan fingerprint density at radius 1 is 0.833 bits per heavy atom. The van der Waals surface area contributed by atoms with Gasteiger partial charge in [-0.3, -0.25) is 9.52 Å². The van der Waals surface area contributed by atoms with E-state index < -0.39 is 22.2 Å². The quantitative estimate of drug-likeness (QED) is 0.345. The molecular formula is C24H18F3N3O5S. The Bertz CT molecular complexity index is 1470. The lowest BCUT2D eigenvalue weighted by molar-refractivity contribution is -0.192. The average Bonchev–Trinajstić information content (AvgIpc) is 2.84. The van der Waals surface area contributed by atoms with Gasteiger partial charge in [0.2, 0.25) is 0 Å². The van der Waals surface area contributed by atoms with E-state index in [0.717, 1.165) is 10.8 Å². The molecule has 0 saturated heterocycles. The maximum absolute atomic E-state index is 12.7. The molecule has 0 aliphatic heterocycles.